The van der Waals surface area contributed by atoms with Gasteiger partial charge in [-0.25, -0.2) is 0 Å². The highest BCUT2D eigenvalue weighted by atomic mass is 35.5. The molecule has 0 spiro atoms. The van der Waals surface area contributed by atoms with Crippen molar-refractivity contribution in [2.75, 3.05) is 12.3 Å². The molecule has 0 aliphatic heterocycles. The fourth-order valence-corrected chi connectivity index (χ4v) is 2.43. The molecule has 20 heavy (non-hydrogen) atoms. The van der Waals surface area contributed by atoms with Crippen molar-refractivity contribution >= 4 is 40.9 Å². The first kappa shape index (κ1) is 17.4. The van der Waals surface area contributed by atoms with E-state index in [-0.39, 0.29) is 5.75 Å². The number of hydrogen-bond donors (Lipinski definition) is 2. The smallest absolute Gasteiger partial charge is 0.382 e. The van der Waals surface area contributed by atoms with Crippen LogP contribution in [0.5, 0.6) is 0 Å². The van der Waals surface area contributed by atoms with Gasteiger partial charge in [-0.3, -0.25) is 4.79 Å². The molecule has 1 aromatic carbocycles. The number of alkyl halides is 3. The predicted octanol–water partition coefficient (Wildman–Crippen LogP) is 3.12. The third kappa shape index (κ3) is 5.78. The van der Waals surface area contributed by atoms with Crippen molar-refractivity contribution in [3.05, 3.63) is 28.2 Å². The summed E-state index contributed by atoms with van der Waals surface area (Å²) in [7, 11) is 0. The number of halogens is 5. The quantitative estimate of drug-likeness (QED) is 0.804. The van der Waals surface area contributed by atoms with E-state index in [1.165, 1.54) is 0 Å². The van der Waals surface area contributed by atoms with Crippen LogP contribution in [0, 0.1) is 0 Å². The second-order valence-corrected chi connectivity index (χ2v) is 5.59. The van der Waals surface area contributed by atoms with Gasteiger partial charge in [-0.1, -0.05) is 23.2 Å². The molecule has 0 aromatic heterocycles. The van der Waals surface area contributed by atoms with Gasteiger partial charge in [0.15, 0.2) is 6.10 Å². The van der Waals surface area contributed by atoms with Crippen LogP contribution in [0.25, 0.3) is 0 Å². The van der Waals surface area contributed by atoms with Gasteiger partial charge in [-0.15, -0.1) is 11.8 Å². The average molecular weight is 348 g/mol. The largest absolute Gasteiger partial charge is 0.416 e. The predicted molar refractivity (Wildman–Crippen MR) is 72.3 cm³/mol. The van der Waals surface area contributed by atoms with E-state index in [0.717, 1.165) is 11.8 Å². The van der Waals surface area contributed by atoms with Crippen LogP contribution in [-0.2, 0) is 4.79 Å². The first-order valence-corrected chi connectivity index (χ1v) is 7.03. The Morgan fingerprint density at radius 2 is 2.05 bits per heavy atom. The molecule has 0 radical (unpaired) electrons. The Morgan fingerprint density at radius 1 is 1.40 bits per heavy atom. The average Bonchev–Trinajstić information content (AvgIpc) is 2.35. The number of carbonyl (C=O) groups is 1. The van der Waals surface area contributed by atoms with Crippen molar-refractivity contribution in [2.24, 2.45) is 0 Å². The van der Waals surface area contributed by atoms with Gasteiger partial charge in [-0.2, -0.15) is 13.2 Å². The van der Waals surface area contributed by atoms with E-state index >= 15 is 0 Å². The Hall–Kier alpha value is -0.630. The molecular formula is C11H10Cl2F3NO2S. The molecule has 1 unspecified atom stereocenters. The molecule has 0 saturated heterocycles. The highest BCUT2D eigenvalue weighted by molar-refractivity contribution is 8.00. The number of aliphatic hydroxyl groups is 1. The van der Waals surface area contributed by atoms with Crippen LogP contribution in [0.3, 0.4) is 0 Å². The van der Waals surface area contributed by atoms with Gasteiger partial charge < -0.3 is 10.4 Å². The van der Waals surface area contributed by atoms with Crippen LogP contribution in [-0.4, -0.2) is 35.6 Å². The van der Waals surface area contributed by atoms with Gasteiger partial charge in [0.1, 0.15) is 0 Å². The van der Waals surface area contributed by atoms with Crippen LogP contribution in [0.4, 0.5) is 13.2 Å². The number of nitrogens with one attached hydrogen (secondary N) is 1. The number of thioether (sulfide) groups is 1. The van der Waals surface area contributed by atoms with Gasteiger partial charge >= 0.3 is 6.18 Å². The van der Waals surface area contributed by atoms with Crippen molar-refractivity contribution in [3.8, 4) is 0 Å². The molecule has 0 fully saturated rings. The summed E-state index contributed by atoms with van der Waals surface area (Å²) in [4.78, 5) is 11.9. The summed E-state index contributed by atoms with van der Waals surface area (Å²) in [5.41, 5.74) is 0. The Bertz CT molecular complexity index is 485. The van der Waals surface area contributed by atoms with E-state index in [4.69, 9.17) is 28.3 Å². The SMILES string of the molecule is O=C(CSc1cc(Cl)ccc1Cl)NCC(O)C(F)(F)F. The minimum Gasteiger partial charge on any atom is -0.382 e. The molecule has 0 aliphatic rings. The van der Waals surface area contributed by atoms with Crippen LogP contribution >= 0.6 is 35.0 Å². The van der Waals surface area contributed by atoms with Gasteiger partial charge in [0.05, 0.1) is 17.3 Å². The third-order valence-corrected chi connectivity index (χ3v) is 3.85. The molecule has 9 heteroatoms. The molecular weight excluding hydrogens is 338 g/mol. The van der Waals surface area contributed by atoms with Gasteiger partial charge in [0.2, 0.25) is 5.91 Å². The molecule has 112 valence electrons. The monoisotopic (exact) mass is 347 g/mol. The first-order chi connectivity index (χ1) is 9.20. The molecule has 1 atom stereocenters. The minimum atomic E-state index is -4.75. The highest BCUT2D eigenvalue weighted by Crippen LogP contribution is 2.29. The number of hydrogen-bond acceptors (Lipinski definition) is 3. The second kappa shape index (κ2) is 7.40. The Labute approximate surface area is 127 Å². The molecule has 1 aromatic rings. The maximum Gasteiger partial charge on any atom is 0.416 e. The Balaban J connectivity index is 2.42. The summed E-state index contributed by atoms with van der Waals surface area (Å²) in [6.45, 7) is -0.883. The summed E-state index contributed by atoms with van der Waals surface area (Å²) in [5, 5.41) is 11.5. The zero-order valence-electron chi connectivity index (χ0n) is 9.88. The van der Waals surface area contributed by atoms with E-state index < -0.39 is 24.7 Å². The van der Waals surface area contributed by atoms with Crippen molar-refractivity contribution in [2.45, 2.75) is 17.2 Å². The standard InChI is InChI=1S/C11H10Cl2F3NO2S/c12-6-1-2-7(13)8(3-6)20-5-10(19)17-4-9(18)11(14,15)16/h1-3,9,18H,4-5H2,(H,17,19). The molecule has 0 bridgehead atoms. The lowest BCUT2D eigenvalue weighted by atomic mass is 10.3. The number of amides is 1. The molecule has 0 saturated carbocycles. The zero-order chi connectivity index (χ0) is 15.3. The normalized spacial score (nSPS) is 13.1. The number of carbonyl (C=O) groups excluding carboxylic acids is 1. The van der Waals surface area contributed by atoms with Crippen LogP contribution < -0.4 is 5.32 Å². The summed E-state index contributed by atoms with van der Waals surface area (Å²) in [6, 6.07) is 4.68. The Morgan fingerprint density at radius 3 is 2.65 bits per heavy atom. The minimum absolute atomic E-state index is 0.134. The first-order valence-electron chi connectivity index (χ1n) is 5.29. The van der Waals surface area contributed by atoms with Crippen molar-refractivity contribution < 1.29 is 23.1 Å². The van der Waals surface area contributed by atoms with E-state index in [9.17, 15) is 18.0 Å². The molecule has 3 nitrogen and oxygen atoms in total. The van der Waals surface area contributed by atoms with E-state index in [1.54, 1.807) is 18.2 Å². The third-order valence-electron chi connectivity index (χ3n) is 2.12. The van der Waals surface area contributed by atoms with Crippen LogP contribution in [0.15, 0.2) is 23.1 Å². The zero-order valence-corrected chi connectivity index (χ0v) is 12.2. The van der Waals surface area contributed by atoms with Crippen LogP contribution in [0.1, 0.15) is 0 Å². The topological polar surface area (TPSA) is 49.3 Å². The molecule has 1 amide bonds. The molecule has 1 rings (SSSR count). The molecule has 2 N–H and O–H groups in total. The van der Waals surface area contributed by atoms with Crippen LogP contribution in [0.2, 0.25) is 10.0 Å². The number of aliphatic hydroxyl groups excluding tert-OH is 1. The molecule has 0 aliphatic carbocycles. The summed E-state index contributed by atoms with van der Waals surface area (Å²) < 4.78 is 36.0. The van der Waals surface area contributed by atoms with Gasteiger partial charge in [0, 0.05) is 9.92 Å². The lowest BCUT2D eigenvalue weighted by molar-refractivity contribution is -0.201. The van der Waals surface area contributed by atoms with Crippen molar-refractivity contribution in [1.29, 1.82) is 0 Å². The van der Waals surface area contributed by atoms with E-state index in [0.29, 0.717) is 14.9 Å². The summed E-state index contributed by atoms with van der Waals surface area (Å²) in [5.74, 6) is -0.778. The fourth-order valence-electron chi connectivity index (χ4n) is 1.11. The lowest BCUT2D eigenvalue weighted by Crippen LogP contribution is -2.41. The summed E-state index contributed by atoms with van der Waals surface area (Å²) >= 11 is 12.7. The number of benzene rings is 1. The van der Waals surface area contributed by atoms with E-state index in [1.807, 2.05) is 5.32 Å². The van der Waals surface area contributed by atoms with Crippen molar-refractivity contribution in [1.82, 2.24) is 5.32 Å². The summed E-state index contributed by atoms with van der Waals surface area (Å²) in [6.07, 6.45) is -7.33. The molecule has 0 heterocycles. The Kier molecular flexibility index (Phi) is 6.44. The fraction of sp³-hybridized carbons (Fsp3) is 0.364. The maximum atomic E-state index is 12.0. The van der Waals surface area contributed by atoms with Crippen molar-refractivity contribution in [3.63, 3.8) is 0 Å². The highest BCUT2D eigenvalue weighted by Gasteiger charge is 2.38. The second-order valence-electron chi connectivity index (χ2n) is 3.72. The lowest BCUT2D eigenvalue weighted by Gasteiger charge is -2.14. The van der Waals surface area contributed by atoms with Gasteiger partial charge in [-0.05, 0) is 18.2 Å². The van der Waals surface area contributed by atoms with Gasteiger partial charge in [0.25, 0.3) is 0 Å². The number of rotatable bonds is 5. The van der Waals surface area contributed by atoms with E-state index in [2.05, 4.69) is 0 Å². The maximum absolute atomic E-state index is 12.0.